The summed E-state index contributed by atoms with van der Waals surface area (Å²) in [5.41, 5.74) is 0. The van der Waals surface area contributed by atoms with E-state index in [0.717, 1.165) is 6.54 Å². The molecule has 2 bridgehead atoms. The third kappa shape index (κ3) is 3.24. The molecule has 5 rings (SSSR count). The van der Waals surface area contributed by atoms with Crippen LogP contribution in [-0.4, -0.2) is 53.8 Å². The van der Waals surface area contributed by atoms with Crippen LogP contribution < -0.4 is 14.8 Å². The second kappa shape index (κ2) is 6.66. The Balaban J connectivity index is 1.38. The van der Waals surface area contributed by atoms with Crippen LogP contribution in [0, 0.1) is 5.92 Å². The number of nitrogens with one attached hydrogen (secondary N) is 1. The third-order valence-electron chi connectivity index (χ3n) is 4.53. The van der Waals surface area contributed by atoms with Crippen molar-refractivity contribution < 1.29 is 14.3 Å². The van der Waals surface area contributed by atoms with Crippen LogP contribution in [0.5, 0.6) is 15.5 Å². The molecule has 1 N–H and O–H groups in total. The number of methoxy groups -OCH3 is 1. The summed E-state index contributed by atoms with van der Waals surface area (Å²) < 4.78 is 10.6. The summed E-state index contributed by atoms with van der Waals surface area (Å²) in [7, 11) is 1.53. The first-order valence-electron chi connectivity index (χ1n) is 7.89. The Morgan fingerprint density at radius 1 is 1.25 bits per heavy atom. The van der Waals surface area contributed by atoms with E-state index in [1.807, 2.05) is 0 Å². The molecule has 128 valence electrons. The van der Waals surface area contributed by atoms with Crippen molar-refractivity contribution in [3.05, 3.63) is 17.0 Å². The van der Waals surface area contributed by atoms with E-state index in [4.69, 9.17) is 9.47 Å². The molecule has 0 saturated carbocycles. The summed E-state index contributed by atoms with van der Waals surface area (Å²) in [5, 5.41) is 12.3. The Morgan fingerprint density at radius 2 is 2.04 bits per heavy atom. The predicted molar refractivity (Wildman–Crippen MR) is 91.3 cm³/mol. The lowest BCUT2D eigenvalue weighted by Crippen LogP contribution is -2.57. The SMILES string of the molecule is COc1nnc(Oc2ccc(C(=O)NC3CN4CCC3CC4)s2)s1. The molecule has 3 aliphatic heterocycles. The summed E-state index contributed by atoms with van der Waals surface area (Å²) in [6.45, 7) is 3.30. The predicted octanol–water partition coefficient (Wildman–Crippen LogP) is 2.22. The molecule has 0 aromatic carbocycles. The van der Waals surface area contributed by atoms with Gasteiger partial charge < -0.3 is 19.7 Å². The number of nitrogens with zero attached hydrogens (tertiary/aromatic N) is 3. The van der Waals surface area contributed by atoms with Gasteiger partial charge in [-0.3, -0.25) is 4.79 Å². The Kier molecular flexibility index (Phi) is 4.38. The largest absolute Gasteiger partial charge is 0.472 e. The van der Waals surface area contributed by atoms with E-state index < -0.39 is 0 Å². The number of fused-ring (bicyclic) bond motifs is 3. The Labute approximate surface area is 147 Å². The van der Waals surface area contributed by atoms with E-state index in [2.05, 4.69) is 20.4 Å². The van der Waals surface area contributed by atoms with Crippen LogP contribution in [0.4, 0.5) is 0 Å². The topological polar surface area (TPSA) is 76.6 Å². The van der Waals surface area contributed by atoms with Gasteiger partial charge in [0.15, 0.2) is 5.06 Å². The van der Waals surface area contributed by atoms with Crippen molar-refractivity contribution in [1.82, 2.24) is 20.4 Å². The summed E-state index contributed by atoms with van der Waals surface area (Å²) in [5.74, 6) is 0.590. The minimum absolute atomic E-state index is 0.0246. The average molecular weight is 366 g/mol. The number of carbonyl (C=O) groups is 1. The smallest absolute Gasteiger partial charge is 0.303 e. The zero-order chi connectivity index (χ0) is 16.5. The highest BCUT2D eigenvalue weighted by Gasteiger charge is 2.35. The van der Waals surface area contributed by atoms with Crippen LogP contribution in [0.2, 0.25) is 0 Å². The molecule has 1 unspecified atom stereocenters. The van der Waals surface area contributed by atoms with E-state index in [1.54, 1.807) is 12.1 Å². The van der Waals surface area contributed by atoms with Gasteiger partial charge in [-0.1, -0.05) is 21.5 Å². The molecule has 5 heterocycles. The quantitative estimate of drug-likeness (QED) is 0.874. The highest BCUT2D eigenvalue weighted by Crippen LogP contribution is 2.33. The summed E-state index contributed by atoms with van der Waals surface area (Å²) in [6.07, 6.45) is 2.37. The number of piperidine rings is 3. The molecule has 0 radical (unpaired) electrons. The number of hydrogen-bond acceptors (Lipinski definition) is 8. The van der Waals surface area contributed by atoms with Crippen molar-refractivity contribution in [2.24, 2.45) is 5.92 Å². The first kappa shape index (κ1) is 15.8. The number of amides is 1. The van der Waals surface area contributed by atoms with Crippen LogP contribution in [0.1, 0.15) is 22.5 Å². The molecule has 7 nitrogen and oxygen atoms in total. The molecular formula is C15H18N4O3S2. The van der Waals surface area contributed by atoms with Gasteiger partial charge in [0, 0.05) is 12.6 Å². The molecule has 0 aliphatic carbocycles. The van der Waals surface area contributed by atoms with Gasteiger partial charge in [0.25, 0.3) is 11.1 Å². The van der Waals surface area contributed by atoms with E-state index in [9.17, 15) is 4.79 Å². The maximum atomic E-state index is 12.5. The van der Waals surface area contributed by atoms with Gasteiger partial charge in [-0.05, 0) is 55.3 Å². The minimum Gasteiger partial charge on any atom is -0.472 e. The van der Waals surface area contributed by atoms with E-state index in [0.29, 0.717) is 26.2 Å². The van der Waals surface area contributed by atoms with Crippen molar-refractivity contribution in [2.45, 2.75) is 18.9 Å². The van der Waals surface area contributed by atoms with E-state index in [-0.39, 0.29) is 11.9 Å². The second-order valence-corrected chi connectivity index (χ2v) is 7.93. The number of carbonyl (C=O) groups excluding carboxylic acids is 1. The summed E-state index contributed by atoms with van der Waals surface area (Å²) in [4.78, 5) is 15.6. The third-order valence-corrected chi connectivity index (χ3v) is 6.25. The molecule has 0 spiro atoms. The molecule has 3 aliphatic rings. The molecule has 3 saturated heterocycles. The second-order valence-electron chi connectivity index (χ2n) is 5.98. The first-order valence-corrected chi connectivity index (χ1v) is 9.53. The number of rotatable bonds is 5. The molecule has 1 amide bonds. The van der Waals surface area contributed by atoms with Gasteiger partial charge in [-0.15, -0.1) is 0 Å². The molecule has 24 heavy (non-hydrogen) atoms. The van der Waals surface area contributed by atoms with Gasteiger partial charge >= 0.3 is 5.19 Å². The molecular weight excluding hydrogens is 348 g/mol. The molecule has 3 fully saturated rings. The lowest BCUT2D eigenvalue weighted by molar-refractivity contribution is 0.0622. The highest BCUT2D eigenvalue weighted by molar-refractivity contribution is 7.16. The Hall–Kier alpha value is -1.71. The summed E-state index contributed by atoms with van der Waals surface area (Å²) >= 11 is 2.53. The fourth-order valence-corrected chi connectivity index (χ4v) is 4.61. The number of thiophene rings is 1. The zero-order valence-corrected chi connectivity index (χ0v) is 14.9. The molecule has 9 heteroatoms. The Morgan fingerprint density at radius 3 is 2.71 bits per heavy atom. The standard InChI is InChI=1S/C15H18N4O3S2/c1-21-14-17-18-15(24-14)22-12-3-2-11(23-12)13(20)16-10-8-19-6-4-9(10)5-7-19/h2-3,9-10H,4-8H2,1H3,(H,16,20). The maximum absolute atomic E-state index is 12.5. The first-order chi connectivity index (χ1) is 11.7. The lowest BCUT2D eigenvalue weighted by atomic mass is 9.84. The molecule has 1 atom stereocenters. The van der Waals surface area contributed by atoms with Gasteiger partial charge in [0.05, 0.1) is 12.0 Å². The van der Waals surface area contributed by atoms with Gasteiger partial charge in [0.1, 0.15) is 0 Å². The monoisotopic (exact) mass is 366 g/mol. The van der Waals surface area contributed by atoms with Crippen molar-refractivity contribution in [3.63, 3.8) is 0 Å². The van der Waals surface area contributed by atoms with Crippen molar-refractivity contribution in [3.8, 4) is 15.5 Å². The van der Waals surface area contributed by atoms with Crippen LogP contribution in [0.3, 0.4) is 0 Å². The maximum Gasteiger partial charge on any atom is 0.303 e. The van der Waals surface area contributed by atoms with Crippen LogP contribution in [-0.2, 0) is 0 Å². The van der Waals surface area contributed by atoms with Crippen LogP contribution in [0.15, 0.2) is 12.1 Å². The van der Waals surface area contributed by atoms with E-state index >= 15 is 0 Å². The van der Waals surface area contributed by atoms with Gasteiger partial charge in [0.2, 0.25) is 0 Å². The normalized spacial score (nSPS) is 25.5. The number of hydrogen-bond donors (Lipinski definition) is 1. The fourth-order valence-electron chi connectivity index (χ4n) is 3.27. The summed E-state index contributed by atoms with van der Waals surface area (Å²) in [6, 6.07) is 3.83. The number of ether oxygens (including phenoxy) is 2. The number of aromatic nitrogens is 2. The zero-order valence-electron chi connectivity index (χ0n) is 13.2. The average Bonchev–Trinajstić information content (AvgIpc) is 3.26. The fraction of sp³-hybridized carbons (Fsp3) is 0.533. The van der Waals surface area contributed by atoms with Crippen molar-refractivity contribution in [2.75, 3.05) is 26.7 Å². The van der Waals surface area contributed by atoms with Crippen molar-refractivity contribution >= 4 is 28.6 Å². The van der Waals surface area contributed by atoms with Gasteiger partial charge in [-0.2, -0.15) is 0 Å². The van der Waals surface area contributed by atoms with Gasteiger partial charge in [-0.25, -0.2) is 0 Å². The highest BCUT2D eigenvalue weighted by atomic mass is 32.1. The van der Waals surface area contributed by atoms with Crippen LogP contribution >= 0.6 is 22.7 Å². The molecule has 2 aromatic heterocycles. The van der Waals surface area contributed by atoms with Crippen LogP contribution in [0.25, 0.3) is 0 Å². The molecule has 2 aromatic rings. The van der Waals surface area contributed by atoms with Crippen molar-refractivity contribution in [1.29, 1.82) is 0 Å². The Bertz CT molecular complexity index is 724. The van der Waals surface area contributed by atoms with E-state index in [1.165, 1.54) is 55.7 Å². The lowest BCUT2D eigenvalue weighted by Gasteiger charge is -2.44. The minimum atomic E-state index is -0.0246.